The first-order valence-electron chi connectivity index (χ1n) is 14.1. The van der Waals surface area contributed by atoms with Gasteiger partial charge in [0.15, 0.2) is 5.78 Å². The molecule has 0 radical (unpaired) electrons. The van der Waals surface area contributed by atoms with Crippen LogP contribution in [0.1, 0.15) is 93.4 Å². The maximum absolute atomic E-state index is 14.1. The number of allylic oxidation sites excluding steroid dienone is 1. The summed E-state index contributed by atoms with van der Waals surface area (Å²) >= 11 is 0. The Morgan fingerprint density at radius 2 is 1.74 bits per heavy atom. The van der Waals surface area contributed by atoms with Gasteiger partial charge in [0.1, 0.15) is 5.78 Å². The monoisotopic (exact) mass is 534 g/mol. The molecule has 0 aromatic heterocycles. The van der Waals surface area contributed by atoms with Crippen LogP contribution in [0.3, 0.4) is 0 Å². The van der Waals surface area contributed by atoms with E-state index in [2.05, 4.69) is 0 Å². The number of hydrogen-bond donors (Lipinski definition) is 5. The number of aliphatic carboxylic acids is 1. The molecule has 10 atom stereocenters. The molecule has 38 heavy (non-hydrogen) atoms. The number of carbonyl (C=O) groups excluding carboxylic acids is 2. The number of ketones is 2. The normalized spacial score (nSPS) is 43.6. The summed E-state index contributed by atoms with van der Waals surface area (Å²) in [6, 6.07) is 0. The standard InChI is InChI=1S/C30H46O8/c1-15(25(36)37)10-16(31)13-29(6,38)20-12-22(35)30(7)24-17(32)11-19-26(2,3)21(34)8-9-27(19,4)23(24)18(33)14-28(20,30)5/h15-17,19-21,31-32,34,38H,8-14H2,1-7H3,(H,36,37)/t15?,16-,17+,19+,20+,21+,27+,28-,29+,30+/m1/s1. The molecular weight excluding hydrogens is 488 g/mol. The Morgan fingerprint density at radius 1 is 1.13 bits per heavy atom. The molecule has 2 saturated carbocycles. The number of Topliss-reactive ketones (excluding diaryl/α,β-unsaturated/α-hetero) is 2. The Kier molecular flexibility index (Phi) is 6.92. The highest BCUT2D eigenvalue weighted by Gasteiger charge is 2.71. The van der Waals surface area contributed by atoms with Gasteiger partial charge in [-0.3, -0.25) is 14.4 Å². The summed E-state index contributed by atoms with van der Waals surface area (Å²) in [5.41, 5.74) is -3.75. The van der Waals surface area contributed by atoms with Crippen LogP contribution in [0.2, 0.25) is 0 Å². The van der Waals surface area contributed by atoms with Crippen molar-refractivity contribution in [3.05, 3.63) is 11.1 Å². The second-order valence-corrected chi connectivity index (χ2v) is 14.4. The van der Waals surface area contributed by atoms with E-state index in [-0.39, 0.29) is 43.2 Å². The highest BCUT2D eigenvalue weighted by Crippen LogP contribution is 2.71. The highest BCUT2D eigenvalue weighted by atomic mass is 16.4. The zero-order valence-corrected chi connectivity index (χ0v) is 23.9. The summed E-state index contributed by atoms with van der Waals surface area (Å²) in [7, 11) is 0. The van der Waals surface area contributed by atoms with E-state index in [4.69, 9.17) is 0 Å². The van der Waals surface area contributed by atoms with Crippen LogP contribution in [0, 0.1) is 39.4 Å². The molecule has 0 aromatic rings. The van der Waals surface area contributed by atoms with Crippen LogP contribution in [-0.2, 0) is 14.4 Å². The molecule has 4 rings (SSSR count). The van der Waals surface area contributed by atoms with Crippen molar-refractivity contribution in [2.24, 2.45) is 39.4 Å². The van der Waals surface area contributed by atoms with Crippen molar-refractivity contribution in [1.82, 2.24) is 0 Å². The fourth-order valence-corrected chi connectivity index (χ4v) is 9.35. The van der Waals surface area contributed by atoms with Gasteiger partial charge in [0.2, 0.25) is 0 Å². The third kappa shape index (κ3) is 3.88. The lowest BCUT2D eigenvalue weighted by molar-refractivity contribution is -0.148. The average molecular weight is 535 g/mol. The van der Waals surface area contributed by atoms with Crippen molar-refractivity contribution in [3.63, 3.8) is 0 Å². The Balaban J connectivity index is 1.78. The number of carboxylic acids is 1. The fraction of sp³-hybridized carbons (Fsp3) is 0.833. The van der Waals surface area contributed by atoms with E-state index in [0.717, 1.165) is 0 Å². The van der Waals surface area contributed by atoms with Crippen LogP contribution in [0.25, 0.3) is 0 Å². The van der Waals surface area contributed by atoms with Gasteiger partial charge in [-0.1, -0.05) is 34.6 Å². The van der Waals surface area contributed by atoms with Crippen LogP contribution in [0.4, 0.5) is 0 Å². The third-order valence-electron chi connectivity index (χ3n) is 11.7. The maximum Gasteiger partial charge on any atom is 0.306 e. The smallest absolute Gasteiger partial charge is 0.306 e. The molecule has 5 N–H and O–H groups in total. The number of hydrogen-bond acceptors (Lipinski definition) is 7. The predicted molar refractivity (Wildman–Crippen MR) is 140 cm³/mol. The minimum atomic E-state index is -1.54. The molecule has 8 heteroatoms. The summed E-state index contributed by atoms with van der Waals surface area (Å²) < 4.78 is 0. The molecule has 1 unspecified atom stereocenters. The lowest BCUT2D eigenvalue weighted by Crippen LogP contribution is -2.61. The van der Waals surface area contributed by atoms with Crippen LogP contribution in [-0.4, -0.2) is 67.0 Å². The van der Waals surface area contributed by atoms with Crippen molar-refractivity contribution >= 4 is 17.5 Å². The molecule has 0 heterocycles. The van der Waals surface area contributed by atoms with Crippen LogP contribution in [0.5, 0.6) is 0 Å². The van der Waals surface area contributed by atoms with Crippen molar-refractivity contribution in [2.45, 2.75) is 117 Å². The summed E-state index contributed by atoms with van der Waals surface area (Å²) in [5.74, 6) is -2.87. The number of carbonyl (C=O) groups is 3. The molecule has 4 aliphatic rings. The van der Waals surface area contributed by atoms with Gasteiger partial charge < -0.3 is 25.5 Å². The lowest BCUT2D eigenvalue weighted by Gasteiger charge is -2.62. The summed E-state index contributed by atoms with van der Waals surface area (Å²) in [5, 5.41) is 54.0. The number of aliphatic hydroxyl groups is 4. The third-order valence-corrected chi connectivity index (χ3v) is 11.7. The van der Waals surface area contributed by atoms with Crippen molar-refractivity contribution in [3.8, 4) is 0 Å². The molecule has 0 saturated heterocycles. The first kappa shape index (κ1) is 29.4. The number of carboxylic acid groups (broad SMARTS) is 1. The second kappa shape index (κ2) is 8.95. The Bertz CT molecular complexity index is 1070. The van der Waals surface area contributed by atoms with Crippen LogP contribution < -0.4 is 0 Å². The quantitative estimate of drug-likeness (QED) is 0.349. The number of aliphatic hydroxyl groups excluding tert-OH is 3. The van der Waals surface area contributed by atoms with E-state index < -0.39 is 63.4 Å². The lowest BCUT2D eigenvalue weighted by atomic mass is 9.42. The predicted octanol–water partition coefficient (Wildman–Crippen LogP) is 3.04. The van der Waals surface area contributed by atoms with Crippen LogP contribution in [0.15, 0.2) is 11.1 Å². The maximum atomic E-state index is 14.1. The zero-order chi connectivity index (χ0) is 28.8. The summed E-state index contributed by atoms with van der Waals surface area (Å²) in [6.45, 7) is 12.7. The average Bonchev–Trinajstić information content (AvgIpc) is 2.99. The molecular formula is C30H46O8. The highest BCUT2D eigenvalue weighted by molar-refractivity contribution is 6.05. The van der Waals surface area contributed by atoms with E-state index in [1.165, 1.54) is 6.92 Å². The van der Waals surface area contributed by atoms with E-state index in [0.29, 0.717) is 30.4 Å². The van der Waals surface area contributed by atoms with Crippen LogP contribution >= 0.6 is 0 Å². The Labute approximate surface area is 225 Å². The first-order chi connectivity index (χ1) is 17.2. The molecule has 0 aliphatic heterocycles. The molecule has 4 aliphatic carbocycles. The van der Waals surface area contributed by atoms with Gasteiger partial charge in [-0.15, -0.1) is 0 Å². The summed E-state index contributed by atoms with van der Waals surface area (Å²) in [4.78, 5) is 39.3. The van der Waals surface area contributed by atoms with Crippen molar-refractivity contribution in [2.75, 3.05) is 0 Å². The van der Waals surface area contributed by atoms with Gasteiger partial charge in [-0.2, -0.15) is 0 Å². The van der Waals surface area contributed by atoms with E-state index in [9.17, 15) is 39.9 Å². The minimum absolute atomic E-state index is 0.00232. The Hall–Kier alpha value is -1.61. The second-order valence-electron chi connectivity index (χ2n) is 14.4. The van der Waals surface area contributed by atoms with Crippen molar-refractivity contribution in [1.29, 1.82) is 0 Å². The molecule has 8 nitrogen and oxygen atoms in total. The van der Waals surface area contributed by atoms with Gasteiger partial charge in [-0.25, -0.2) is 0 Å². The van der Waals surface area contributed by atoms with Gasteiger partial charge in [0.25, 0.3) is 0 Å². The fourth-order valence-electron chi connectivity index (χ4n) is 9.35. The zero-order valence-electron chi connectivity index (χ0n) is 23.9. The van der Waals surface area contributed by atoms with Gasteiger partial charge in [0, 0.05) is 30.8 Å². The summed E-state index contributed by atoms with van der Waals surface area (Å²) in [6.07, 6.45) is -1.30. The SMILES string of the molecule is CC(C[C@@H](O)C[C@](C)(O)[C@H]1CC(=O)[C@@]2(C)C3=C(C(=O)C[C@]12C)[C@@]1(C)CC[C@H](O)C(C)(C)[C@@H]1C[C@@H]3O)C(=O)O. The Morgan fingerprint density at radius 3 is 2.32 bits per heavy atom. The van der Waals surface area contributed by atoms with Gasteiger partial charge in [0.05, 0.1) is 35.2 Å². The van der Waals surface area contributed by atoms with Crippen molar-refractivity contribution < 1.29 is 39.9 Å². The largest absolute Gasteiger partial charge is 0.481 e. The number of rotatable bonds is 6. The first-order valence-corrected chi connectivity index (χ1v) is 14.1. The molecule has 214 valence electrons. The molecule has 0 spiro atoms. The number of fused-ring (bicyclic) bond motifs is 4. The minimum Gasteiger partial charge on any atom is -0.481 e. The van der Waals surface area contributed by atoms with Gasteiger partial charge >= 0.3 is 5.97 Å². The van der Waals surface area contributed by atoms with E-state index in [1.807, 2.05) is 34.6 Å². The molecule has 0 amide bonds. The van der Waals surface area contributed by atoms with E-state index >= 15 is 0 Å². The molecule has 0 bridgehead atoms. The molecule has 0 aromatic carbocycles. The molecule has 2 fully saturated rings. The van der Waals surface area contributed by atoms with Gasteiger partial charge in [-0.05, 0) is 67.3 Å². The topological polar surface area (TPSA) is 152 Å². The van der Waals surface area contributed by atoms with E-state index in [1.54, 1.807) is 6.92 Å².